The van der Waals surface area contributed by atoms with Crippen molar-refractivity contribution in [3.8, 4) is 0 Å². The monoisotopic (exact) mass is 406 g/mol. The Morgan fingerprint density at radius 1 is 0.621 bits per heavy atom. The summed E-state index contributed by atoms with van der Waals surface area (Å²) in [5.41, 5.74) is 0.644. The highest BCUT2D eigenvalue weighted by Crippen LogP contribution is 2.45. The first-order chi connectivity index (χ1) is 14.1. The predicted octanol–water partition coefficient (Wildman–Crippen LogP) is 8.54. The zero-order valence-electron chi connectivity index (χ0n) is 17.8. The van der Waals surface area contributed by atoms with Gasteiger partial charge in [-0.3, -0.25) is 0 Å². The van der Waals surface area contributed by atoms with Crippen LogP contribution in [-0.4, -0.2) is 0 Å². The fourth-order valence-electron chi connectivity index (χ4n) is 6.68. The van der Waals surface area contributed by atoms with Crippen LogP contribution in [0.5, 0.6) is 0 Å². The maximum Gasteiger partial charge on any atom is 0.194 e. The van der Waals surface area contributed by atoms with E-state index < -0.39 is 17.5 Å². The van der Waals surface area contributed by atoms with Crippen molar-refractivity contribution in [3.63, 3.8) is 0 Å². The molecule has 0 spiro atoms. The molecule has 0 nitrogen and oxygen atoms in total. The second kappa shape index (κ2) is 9.88. The normalized spacial score (nSPS) is 31.3. The van der Waals surface area contributed by atoms with Gasteiger partial charge in [-0.15, -0.1) is 0 Å². The van der Waals surface area contributed by atoms with Gasteiger partial charge in [0.2, 0.25) is 0 Å². The third-order valence-electron chi connectivity index (χ3n) is 8.51. The minimum Gasteiger partial charge on any atom is -0.204 e. The van der Waals surface area contributed by atoms with Gasteiger partial charge in [-0.25, -0.2) is 13.2 Å². The smallest absolute Gasteiger partial charge is 0.194 e. The number of hydrogen-bond acceptors (Lipinski definition) is 0. The Kier molecular flexibility index (Phi) is 7.24. The van der Waals surface area contributed by atoms with Gasteiger partial charge in [0.05, 0.1) is 0 Å². The Hall–Kier alpha value is -0.990. The molecule has 3 heteroatoms. The van der Waals surface area contributed by atoms with E-state index in [9.17, 15) is 13.2 Å². The maximum atomic E-state index is 13.6. The van der Waals surface area contributed by atoms with Crippen molar-refractivity contribution in [1.82, 2.24) is 0 Å². The molecular formula is C26H37F3. The molecule has 29 heavy (non-hydrogen) atoms. The number of halogens is 3. The van der Waals surface area contributed by atoms with Gasteiger partial charge in [0.25, 0.3) is 0 Å². The summed E-state index contributed by atoms with van der Waals surface area (Å²) in [5.74, 6) is 0.357. The first-order valence-corrected chi connectivity index (χ1v) is 12.2. The predicted molar refractivity (Wildman–Crippen MR) is 112 cm³/mol. The highest BCUT2D eigenvalue weighted by Gasteiger charge is 2.31. The Morgan fingerprint density at radius 2 is 1.10 bits per heavy atom. The van der Waals surface area contributed by atoms with E-state index >= 15 is 0 Å². The van der Waals surface area contributed by atoms with Crippen LogP contribution in [0.3, 0.4) is 0 Å². The van der Waals surface area contributed by atoms with E-state index in [4.69, 9.17) is 0 Å². The minimum absolute atomic E-state index is 0.183. The molecule has 0 N–H and O–H groups in total. The molecule has 0 aromatic heterocycles. The molecule has 1 aromatic carbocycles. The molecule has 0 aliphatic heterocycles. The van der Waals surface area contributed by atoms with E-state index in [-0.39, 0.29) is 5.92 Å². The van der Waals surface area contributed by atoms with Crippen molar-refractivity contribution in [2.24, 2.45) is 23.7 Å². The lowest BCUT2D eigenvalue weighted by atomic mass is 9.68. The summed E-state index contributed by atoms with van der Waals surface area (Å²) in [6.07, 6.45) is 20.1. The van der Waals surface area contributed by atoms with Crippen LogP contribution in [0.25, 0.3) is 0 Å². The fraction of sp³-hybridized carbons (Fsp3) is 0.769. The molecule has 1 aromatic rings. The Labute approximate surface area is 174 Å². The second-order valence-electron chi connectivity index (χ2n) is 10.3. The molecule has 4 rings (SSSR count). The van der Waals surface area contributed by atoms with Crippen LogP contribution in [-0.2, 0) is 0 Å². The quantitative estimate of drug-likeness (QED) is 0.415. The van der Waals surface area contributed by atoms with Gasteiger partial charge in [-0.05, 0) is 85.8 Å². The minimum atomic E-state index is -1.34. The van der Waals surface area contributed by atoms with Crippen LogP contribution in [0, 0.1) is 41.1 Å². The summed E-state index contributed by atoms with van der Waals surface area (Å²) >= 11 is 0. The summed E-state index contributed by atoms with van der Waals surface area (Å²) < 4.78 is 40.3. The van der Waals surface area contributed by atoms with Gasteiger partial charge in [-0.1, -0.05) is 57.8 Å². The molecular weight excluding hydrogens is 369 g/mol. The third kappa shape index (κ3) is 5.39. The van der Waals surface area contributed by atoms with Crippen LogP contribution in [0.4, 0.5) is 13.2 Å². The highest BCUT2D eigenvalue weighted by molar-refractivity contribution is 5.23. The maximum absolute atomic E-state index is 13.6. The first-order valence-electron chi connectivity index (χ1n) is 12.2. The Bertz CT molecular complexity index is 625. The molecule has 0 bridgehead atoms. The molecule has 0 heterocycles. The van der Waals surface area contributed by atoms with Crippen molar-refractivity contribution in [2.45, 2.75) is 102 Å². The van der Waals surface area contributed by atoms with E-state index in [1.165, 1.54) is 82.8 Å². The van der Waals surface area contributed by atoms with Crippen LogP contribution < -0.4 is 0 Å². The lowest BCUT2D eigenvalue weighted by Crippen LogP contribution is -2.25. The highest BCUT2D eigenvalue weighted by atomic mass is 19.2. The molecule has 3 fully saturated rings. The van der Waals surface area contributed by atoms with Gasteiger partial charge < -0.3 is 0 Å². The lowest BCUT2D eigenvalue weighted by molar-refractivity contribution is 0.155. The van der Waals surface area contributed by atoms with E-state index in [0.717, 1.165) is 49.4 Å². The summed E-state index contributed by atoms with van der Waals surface area (Å²) in [4.78, 5) is 0. The van der Waals surface area contributed by atoms with E-state index in [1.807, 2.05) is 0 Å². The average Bonchev–Trinajstić information content (AvgIpc) is 3.26. The molecule has 0 amide bonds. The Morgan fingerprint density at radius 3 is 1.66 bits per heavy atom. The van der Waals surface area contributed by atoms with Gasteiger partial charge in [-0.2, -0.15) is 0 Å². The second-order valence-corrected chi connectivity index (χ2v) is 10.3. The average molecular weight is 407 g/mol. The molecule has 162 valence electrons. The van der Waals surface area contributed by atoms with Crippen molar-refractivity contribution in [3.05, 3.63) is 35.1 Å². The Balaban J connectivity index is 1.18. The van der Waals surface area contributed by atoms with Crippen LogP contribution >= 0.6 is 0 Å². The largest absolute Gasteiger partial charge is 0.204 e. The van der Waals surface area contributed by atoms with Gasteiger partial charge in [0.1, 0.15) is 0 Å². The molecule has 3 aliphatic carbocycles. The van der Waals surface area contributed by atoms with Gasteiger partial charge >= 0.3 is 0 Å². The standard InChI is InChI=1S/C26H37F3/c27-24-16-23(17-25(28)26(24)29)22-14-12-21(13-15-22)20-10-8-19(9-11-20)7-3-6-18-4-1-2-5-18/h16-22H,1-15H2/t19-,20-,21-,22-. The lowest BCUT2D eigenvalue weighted by Gasteiger charge is -2.38. The first kappa shape index (κ1) is 21.2. The molecule has 0 radical (unpaired) electrons. The third-order valence-corrected chi connectivity index (χ3v) is 8.51. The van der Waals surface area contributed by atoms with Gasteiger partial charge in [0, 0.05) is 0 Å². The SMILES string of the molecule is Fc1cc([C@H]2CC[C@H]([C@H]3CC[C@H](CCCC4CCCC4)CC3)CC2)cc(F)c1F. The van der Waals surface area contributed by atoms with Crippen molar-refractivity contribution >= 4 is 0 Å². The molecule has 0 saturated heterocycles. The van der Waals surface area contributed by atoms with Crippen molar-refractivity contribution in [1.29, 1.82) is 0 Å². The van der Waals surface area contributed by atoms with E-state index in [0.29, 0.717) is 5.56 Å². The topological polar surface area (TPSA) is 0 Å². The van der Waals surface area contributed by atoms with Crippen LogP contribution in [0.15, 0.2) is 12.1 Å². The number of rotatable bonds is 6. The zero-order valence-corrected chi connectivity index (χ0v) is 17.8. The summed E-state index contributed by atoms with van der Waals surface area (Å²) in [6, 6.07) is 2.42. The summed E-state index contributed by atoms with van der Waals surface area (Å²) in [7, 11) is 0. The van der Waals surface area contributed by atoms with Gasteiger partial charge in [0.15, 0.2) is 17.5 Å². The number of benzene rings is 1. The number of hydrogen-bond donors (Lipinski definition) is 0. The molecule has 0 atom stereocenters. The van der Waals surface area contributed by atoms with Crippen LogP contribution in [0.2, 0.25) is 0 Å². The van der Waals surface area contributed by atoms with E-state index in [1.54, 1.807) is 0 Å². The van der Waals surface area contributed by atoms with Crippen molar-refractivity contribution in [2.75, 3.05) is 0 Å². The molecule has 3 saturated carbocycles. The van der Waals surface area contributed by atoms with Crippen molar-refractivity contribution < 1.29 is 13.2 Å². The summed E-state index contributed by atoms with van der Waals surface area (Å²) in [5, 5.41) is 0. The van der Waals surface area contributed by atoms with Crippen LogP contribution in [0.1, 0.15) is 108 Å². The molecule has 3 aliphatic rings. The van der Waals surface area contributed by atoms with E-state index in [2.05, 4.69) is 0 Å². The fourth-order valence-corrected chi connectivity index (χ4v) is 6.68. The summed E-state index contributed by atoms with van der Waals surface area (Å²) in [6.45, 7) is 0. The zero-order chi connectivity index (χ0) is 20.2. The molecule has 0 unspecified atom stereocenters.